The number of nitrogens with two attached hydrogens (primary N) is 1. The van der Waals surface area contributed by atoms with E-state index in [-0.39, 0.29) is 6.47 Å². The van der Waals surface area contributed by atoms with E-state index in [2.05, 4.69) is 10.2 Å². The molecule has 2 aromatic carbocycles. The Morgan fingerprint density at radius 1 is 1.04 bits per heavy atom. The summed E-state index contributed by atoms with van der Waals surface area (Å²) in [5.41, 5.74) is 8.54. The van der Waals surface area contributed by atoms with Gasteiger partial charge in [-0.05, 0) is 55.0 Å². The monoisotopic (exact) mass is 401 g/mol. The first-order chi connectivity index (χ1) is 13.1. The van der Waals surface area contributed by atoms with E-state index in [1.165, 1.54) is 0 Å². The highest BCUT2D eigenvalue weighted by atomic mass is 31.2. The second-order valence-electron chi connectivity index (χ2n) is 6.57. The molecule has 8 nitrogen and oxygen atoms in total. The molecule has 0 spiro atoms. The summed E-state index contributed by atoms with van der Waals surface area (Å²) in [6.07, 6.45) is 0. The predicted molar refractivity (Wildman–Crippen MR) is 112 cm³/mol. The van der Waals surface area contributed by atoms with Gasteiger partial charge in [0.25, 0.3) is 6.47 Å². The van der Waals surface area contributed by atoms with Crippen LogP contribution in [-0.4, -0.2) is 52.3 Å². The van der Waals surface area contributed by atoms with Crippen LogP contribution in [-0.2, 0) is 9.36 Å². The Hall–Kier alpha value is -2.74. The number of benzene rings is 2. The molecule has 0 radical (unpaired) electrons. The number of rotatable bonds is 3. The number of hydrogen-bond donors (Lipinski definition) is 4. The van der Waals surface area contributed by atoms with Crippen LogP contribution in [0.5, 0.6) is 0 Å². The van der Waals surface area contributed by atoms with Crippen LogP contribution in [0.25, 0.3) is 21.9 Å². The van der Waals surface area contributed by atoms with Gasteiger partial charge in [0.2, 0.25) is 0 Å². The second-order valence-corrected chi connectivity index (χ2v) is 9.79. The van der Waals surface area contributed by atoms with Crippen molar-refractivity contribution in [2.75, 3.05) is 19.1 Å². The van der Waals surface area contributed by atoms with Crippen LogP contribution in [0.4, 0.5) is 5.82 Å². The molecule has 146 valence electrons. The standard InChI is InChI=1S/C17H19BN3O3P.CH2O2/c1-10-16-8-11(4-5-15(16)17(19)21-20-10)12-6-13(18(22)23)9-14(7-12)25(2,3)24;2-1-3/h4-9,22-23H,1-3H3,(H2,19,21);1H,(H,2,3). The van der Waals surface area contributed by atoms with Gasteiger partial charge >= 0.3 is 7.12 Å². The molecule has 3 rings (SSSR count). The molecule has 1 heterocycles. The van der Waals surface area contributed by atoms with Gasteiger partial charge in [0.15, 0.2) is 5.82 Å². The number of fused-ring (bicyclic) bond motifs is 1. The summed E-state index contributed by atoms with van der Waals surface area (Å²) < 4.78 is 12.5. The van der Waals surface area contributed by atoms with Crippen molar-refractivity contribution in [3.05, 3.63) is 42.1 Å². The van der Waals surface area contributed by atoms with Crippen molar-refractivity contribution in [1.82, 2.24) is 10.2 Å². The summed E-state index contributed by atoms with van der Waals surface area (Å²) in [5, 5.41) is 36.3. The van der Waals surface area contributed by atoms with Crippen LogP contribution in [0, 0.1) is 6.92 Å². The highest BCUT2D eigenvalue weighted by Crippen LogP contribution is 2.36. The van der Waals surface area contributed by atoms with E-state index in [0.29, 0.717) is 16.6 Å². The van der Waals surface area contributed by atoms with Crippen molar-refractivity contribution in [2.24, 2.45) is 0 Å². The number of hydrogen-bond acceptors (Lipinski definition) is 7. The quantitative estimate of drug-likeness (QED) is 0.287. The SMILES string of the molecule is Cc1nnc(N)c2ccc(-c3cc(B(O)O)cc(P(C)(C)=O)c3)cc12.O=CO. The molecule has 0 aliphatic rings. The van der Waals surface area contributed by atoms with Gasteiger partial charge in [0.1, 0.15) is 7.14 Å². The largest absolute Gasteiger partial charge is 0.488 e. The highest BCUT2D eigenvalue weighted by Gasteiger charge is 2.19. The van der Waals surface area contributed by atoms with Crippen LogP contribution >= 0.6 is 7.14 Å². The lowest BCUT2D eigenvalue weighted by Crippen LogP contribution is -2.32. The van der Waals surface area contributed by atoms with Crippen molar-refractivity contribution in [2.45, 2.75) is 6.92 Å². The number of aryl methyl sites for hydroxylation is 1. The lowest BCUT2D eigenvalue weighted by molar-refractivity contribution is -0.122. The Morgan fingerprint density at radius 3 is 2.25 bits per heavy atom. The minimum absolute atomic E-state index is 0.250. The summed E-state index contributed by atoms with van der Waals surface area (Å²) in [6, 6.07) is 10.7. The van der Waals surface area contributed by atoms with Gasteiger partial charge in [-0.25, -0.2) is 0 Å². The summed E-state index contributed by atoms with van der Waals surface area (Å²) in [6.45, 7) is 4.91. The van der Waals surface area contributed by atoms with Gasteiger partial charge in [-0.15, -0.1) is 5.10 Å². The third kappa shape index (κ3) is 4.75. The van der Waals surface area contributed by atoms with Gasteiger partial charge in [-0.1, -0.05) is 18.2 Å². The molecule has 0 aliphatic carbocycles. The smallest absolute Gasteiger partial charge is 0.483 e. The van der Waals surface area contributed by atoms with E-state index >= 15 is 0 Å². The fraction of sp³-hybridized carbons (Fsp3) is 0.167. The van der Waals surface area contributed by atoms with Crippen molar-refractivity contribution in [3.63, 3.8) is 0 Å². The van der Waals surface area contributed by atoms with Crippen LogP contribution in [0.15, 0.2) is 36.4 Å². The van der Waals surface area contributed by atoms with Crippen LogP contribution < -0.4 is 16.5 Å². The Labute approximate surface area is 162 Å². The lowest BCUT2D eigenvalue weighted by atomic mass is 9.79. The first-order valence-electron chi connectivity index (χ1n) is 8.26. The molecule has 0 bridgehead atoms. The zero-order chi connectivity index (χ0) is 21.1. The first-order valence-corrected chi connectivity index (χ1v) is 10.9. The van der Waals surface area contributed by atoms with Crippen molar-refractivity contribution in [3.8, 4) is 11.1 Å². The van der Waals surface area contributed by atoms with Gasteiger partial charge < -0.3 is 25.5 Å². The third-order valence-electron chi connectivity index (χ3n) is 4.19. The van der Waals surface area contributed by atoms with Gasteiger partial charge in [0.05, 0.1) is 5.69 Å². The van der Waals surface area contributed by atoms with E-state index in [9.17, 15) is 14.6 Å². The molecule has 0 saturated heterocycles. The normalized spacial score (nSPS) is 10.9. The second kappa shape index (κ2) is 8.52. The van der Waals surface area contributed by atoms with E-state index in [1.54, 1.807) is 25.5 Å². The van der Waals surface area contributed by atoms with Crippen molar-refractivity contribution in [1.29, 1.82) is 0 Å². The Kier molecular flexibility index (Phi) is 6.56. The summed E-state index contributed by atoms with van der Waals surface area (Å²) in [4.78, 5) is 8.36. The molecule has 0 saturated carbocycles. The number of anilines is 1. The Morgan fingerprint density at radius 2 is 1.68 bits per heavy atom. The van der Waals surface area contributed by atoms with Gasteiger partial charge in [0, 0.05) is 16.1 Å². The Balaban J connectivity index is 0.000000878. The summed E-state index contributed by atoms with van der Waals surface area (Å²) in [7, 11) is -4.19. The first kappa shape index (κ1) is 21.6. The topological polar surface area (TPSA) is 147 Å². The maximum atomic E-state index is 12.5. The average Bonchev–Trinajstić information content (AvgIpc) is 2.64. The molecule has 0 unspecified atom stereocenters. The number of nitrogen functional groups attached to an aromatic ring is 1. The van der Waals surface area contributed by atoms with Gasteiger partial charge in [-0.2, -0.15) is 5.10 Å². The molecule has 1 aromatic heterocycles. The minimum Gasteiger partial charge on any atom is -0.483 e. The zero-order valence-electron chi connectivity index (χ0n) is 15.7. The van der Waals surface area contributed by atoms with Crippen molar-refractivity contribution < 1.29 is 24.5 Å². The number of aromatic nitrogens is 2. The maximum absolute atomic E-state index is 12.5. The third-order valence-corrected chi connectivity index (χ3v) is 5.69. The van der Waals surface area contributed by atoms with E-state index in [1.807, 2.05) is 31.2 Å². The zero-order valence-corrected chi connectivity index (χ0v) is 16.6. The molecular weight excluding hydrogens is 380 g/mol. The molecule has 0 fully saturated rings. The molecular formula is C18H21BN3O5P. The number of carbonyl (C=O) groups is 1. The molecule has 28 heavy (non-hydrogen) atoms. The van der Waals surface area contributed by atoms with Gasteiger partial charge in [-0.3, -0.25) is 4.79 Å². The highest BCUT2D eigenvalue weighted by molar-refractivity contribution is 7.70. The molecule has 10 heteroatoms. The van der Waals surface area contributed by atoms with Crippen LogP contribution in [0.3, 0.4) is 0 Å². The fourth-order valence-electron chi connectivity index (χ4n) is 2.74. The van der Waals surface area contributed by atoms with Crippen LogP contribution in [0.1, 0.15) is 5.69 Å². The molecule has 0 amide bonds. The van der Waals surface area contributed by atoms with Crippen LogP contribution in [0.2, 0.25) is 0 Å². The summed E-state index contributed by atoms with van der Waals surface area (Å²) >= 11 is 0. The van der Waals surface area contributed by atoms with Crippen molar-refractivity contribution >= 4 is 48.1 Å². The number of carboxylic acid groups (broad SMARTS) is 1. The molecule has 0 aliphatic heterocycles. The average molecular weight is 401 g/mol. The lowest BCUT2D eigenvalue weighted by Gasteiger charge is -2.14. The van der Waals surface area contributed by atoms with E-state index < -0.39 is 14.3 Å². The number of nitrogens with zero attached hydrogens (tertiary/aromatic N) is 2. The molecule has 0 atom stereocenters. The maximum Gasteiger partial charge on any atom is 0.488 e. The minimum atomic E-state index is -2.56. The molecule has 5 N–H and O–H groups in total. The van der Waals surface area contributed by atoms with E-state index in [4.69, 9.17) is 15.6 Å². The van der Waals surface area contributed by atoms with E-state index in [0.717, 1.165) is 27.6 Å². The fourth-order valence-corrected chi connectivity index (χ4v) is 3.65. The summed E-state index contributed by atoms with van der Waals surface area (Å²) in [5.74, 6) is 0.360. The molecule has 3 aromatic rings. The Bertz CT molecular complexity index is 1070. The predicted octanol–water partition coefficient (Wildman–Crippen LogP) is 0.816.